The number of aliphatic carboxylic acids is 1. The van der Waals surface area contributed by atoms with Gasteiger partial charge >= 0.3 is 5.97 Å². The van der Waals surface area contributed by atoms with E-state index in [1.54, 1.807) is 12.1 Å². The summed E-state index contributed by atoms with van der Waals surface area (Å²) in [5.74, 6) is -0.982. The minimum absolute atomic E-state index is 0.0394. The molecule has 0 aliphatic rings. The van der Waals surface area contributed by atoms with E-state index in [1.165, 1.54) is 19.9 Å². The smallest absolute Gasteiger partial charge is 0.323 e. The minimum atomic E-state index is -1.09. The third-order valence-electron chi connectivity index (χ3n) is 2.51. The van der Waals surface area contributed by atoms with Crippen LogP contribution in [0.3, 0.4) is 0 Å². The van der Waals surface area contributed by atoms with Crippen LogP contribution < -0.4 is 5.32 Å². The van der Waals surface area contributed by atoms with Crippen molar-refractivity contribution in [1.82, 2.24) is 5.32 Å². The molecule has 7 heteroatoms. The quantitative estimate of drug-likeness (QED) is 0.642. The lowest BCUT2D eigenvalue weighted by molar-refractivity contribution is -0.385. The van der Waals surface area contributed by atoms with Gasteiger partial charge in [0, 0.05) is 12.6 Å². The number of nitro benzene ring substituents is 1. The number of nitrogens with zero attached hydrogens (tertiary/aromatic N) is 1. The Balaban J connectivity index is 2.90. The summed E-state index contributed by atoms with van der Waals surface area (Å²) in [6.45, 7) is 3.28. The van der Waals surface area contributed by atoms with Gasteiger partial charge in [0.1, 0.15) is 5.54 Å². The molecule has 0 aliphatic heterocycles. The Morgan fingerprint density at radius 2 is 2.17 bits per heavy atom. The van der Waals surface area contributed by atoms with Gasteiger partial charge in [-0.2, -0.15) is 0 Å². The first kappa shape index (κ1) is 14.6. The molecule has 0 amide bonds. The third-order valence-corrected chi connectivity index (χ3v) is 3.43. The fraction of sp³-hybridized carbons (Fsp3) is 0.364. The largest absolute Gasteiger partial charge is 0.480 e. The van der Waals surface area contributed by atoms with Gasteiger partial charge in [-0.25, -0.2) is 0 Å². The predicted octanol–water partition coefficient (Wildman–Crippen LogP) is 2.31. The summed E-state index contributed by atoms with van der Waals surface area (Å²) in [5, 5.41) is 22.5. The van der Waals surface area contributed by atoms with Crippen molar-refractivity contribution >= 4 is 27.6 Å². The van der Waals surface area contributed by atoms with Gasteiger partial charge in [0.25, 0.3) is 5.69 Å². The molecule has 1 aromatic carbocycles. The number of nitro groups is 1. The van der Waals surface area contributed by atoms with E-state index in [4.69, 9.17) is 5.11 Å². The van der Waals surface area contributed by atoms with Gasteiger partial charge in [-0.15, -0.1) is 0 Å². The van der Waals surface area contributed by atoms with Crippen molar-refractivity contribution in [3.05, 3.63) is 38.3 Å². The summed E-state index contributed by atoms with van der Waals surface area (Å²) in [6, 6.07) is 4.64. The highest BCUT2D eigenvalue weighted by Gasteiger charge is 2.26. The van der Waals surface area contributed by atoms with Crippen LogP contribution in [0.25, 0.3) is 0 Å². The SMILES string of the molecule is CC(C)(NCc1cccc([N+](=O)[O-])c1Br)C(=O)O. The lowest BCUT2D eigenvalue weighted by Gasteiger charge is -2.21. The number of carbonyl (C=O) groups is 1. The van der Waals surface area contributed by atoms with Crippen molar-refractivity contribution in [1.29, 1.82) is 0 Å². The van der Waals surface area contributed by atoms with Crippen molar-refractivity contribution in [3.63, 3.8) is 0 Å². The number of hydrogen-bond donors (Lipinski definition) is 2. The van der Waals surface area contributed by atoms with Gasteiger partial charge in [-0.1, -0.05) is 12.1 Å². The second-order valence-electron chi connectivity index (χ2n) is 4.29. The highest BCUT2D eigenvalue weighted by atomic mass is 79.9. The Labute approximate surface area is 112 Å². The molecule has 0 heterocycles. The lowest BCUT2D eigenvalue weighted by Crippen LogP contribution is -2.46. The summed E-state index contributed by atoms with van der Waals surface area (Å²) in [4.78, 5) is 21.2. The number of nitrogens with one attached hydrogen (secondary N) is 1. The van der Waals surface area contributed by atoms with Crippen LogP contribution in [-0.4, -0.2) is 21.5 Å². The Morgan fingerprint density at radius 3 is 2.67 bits per heavy atom. The van der Waals surface area contributed by atoms with Crippen LogP contribution in [0.15, 0.2) is 22.7 Å². The Morgan fingerprint density at radius 1 is 1.56 bits per heavy atom. The van der Waals surface area contributed by atoms with Crippen LogP contribution in [-0.2, 0) is 11.3 Å². The van der Waals surface area contributed by atoms with E-state index in [-0.39, 0.29) is 12.2 Å². The summed E-state index contributed by atoms with van der Waals surface area (Å²) in [7, 11) is 0. The Bertz CT molecular complexity index is 488. The van der Waals surface area contributed by atoms with E-state index < -0.39 is 16.4 Å². The number of rotatable bonds is 5. The maximum Gasteiger partial charge on any atom is 0.323 e. The molecule has 0 atom stereocenters. The topological polar surface area (TPSA) is 92.5 Å². The van der Waals surface area contributed by atoms with Gasteiger partial charge in [0.15, 0.2) is 0 Å². The van der Waals surface area contributed by atoms with E-state index in [1.807, 2.05) is 0 Å². The average Bonchev–Trinajstić information content (AvgIpc) is 2.27. The molecule has 0 spiro atoms. The first-order valence-electron chi connectivity index (χ1n) is 5.16. The number of carboxylic acid groups (broad SMARTS) is 1. The van der Waals surface area contributed by atoms with Crippen molar-refractivity contribution in [2.75, 3.05) is 0 Å². The summed E-state index contributed by atoms with van der Waals surface area (Å²) in [6.07, 6.45) is 0. The first-order chi connectivity index (χ1) is 8.25. The third kappa shape index (κ3) is 3.27. The Kier molecular flexibility index (Phi) is 4.42. The maximum absolute atomic E-state index is 10.9. The van der Waals surface area contributed by atoms with Crippen LogP contribution in [0.2, 0.25) is 0 Å². The van der Waals surface area contributed by atoms with Gasteiger partial charge in [0.2, 0.25) is 0 Å². The molecule has 6 nitrogen and oxygen atoms in total. The number of hydrogen-bond acceptors (Lipinski definition) is 4. The van der Waals surface area contributed by atoms with Crippen molar-refractivity contribution < 1.29 is 14.8 Å². The fourth-order valence-corrected chi connectivity index (χ4v) is 1.78. The van der Waals surface area contributed by atoms with Crippen LogP contribution in [0, 0.1) is 10.1 Å². The van der Waals surface area contributed by atoms with Gasteiger partial charge < -0.3 is 5.11 Å². The van der Waals surface area contributed by atoms with Crippen LogP contribution in [0.5, 0.6) is 0 Å². The molecule has 18 heavy (non-hydrogen) atoms. The standard InChI is InChI=1S/C11H13BrN2O4/c1-11(2,10(15)16)13-6-7-4-3-5-8(9(7)12)14(17)18/h3-5,13H,6H2,1-2H3,(H,15,16). The van der Waals surface area contributed by atoms with E-state index in [0.717, 1.165) is 0 Å². The molecule has 98 valence electrons. The summed E-state index contributed by atoms with van der Waals surface area (Å²) in [5.41, 5.74) is -0.495. The molecule has 0 aromatic heterocycles. The molecule has 0 saturated carbocycles. The number of carboxylic acids is 1. The van der Waals surface area contributed by atoms with E-state index in [9.17, 15) is 14.9 Å². The number of halogens is 1. The van der Waals surface area contributed by atoms with Crippen molar-refractivity contribution in [2.45, 2.75) is 25.9 Å². The van der Waals surface area contributed by atoms with Gasteiger partial charge in [-0.3, -0.25) is 20.2 Å². The Hall–Kier alpha value is -1.47. The minimum Gasteiger partial charge on any atom is -0.480 e. The maximum atomic E-state index is 10.9. The van der Waals surface area contributed by atoms with Crippen LogP contribution >= 0.6 is 15.9 Å². The predicted molar refractivity (Wildman–Crippen MR) is 69.4 cm³/mol. The molecule has 1 aromatic rings. The molecule has 0 unspecified atom stereocenters. The second kappa shape index (κ2) is 5.45. The molecule has 1 rings (SSSR count). The highest BCUT2D eigenvalue weighted by Crippen LogP contribution is 2.28. The molecular weight excluding hydrogens is 304 g/mol. The van der Waals surface area contributed by atoms with Crippen molar-refractivity contribution in [2.24, 2.45) is 0 Å². The number of benzene rings is 1. The van der Waals surface area contributed by atoms with Crippen LogP contribution in [0.4, 0.5) is 5.69 Å². The molecule has 2 N–H and O–H groups in total. The summed E-state index contributed by atoms with van der Waals surface area (Å²) < 4.78 is 0.365. The monoisotopic (exact) mass is 316 g/mol. The highest BCUT2D eigenvalue weighted by molar-refractivity contribution is 9.10. The summed E-state index contributed by atoms with van der Waals surface area (Å²) >= 11 is 3.16. The zero-order chi connectivity index (χ0) is 13.9. The average molecular weight is 317 g/mol. The van der Waals surface area contributed by atoms with E-state index >= 15 is 0 Å². The lowest BCUT2D eigenvalue weighted by atomic mass is 10.1. The zero-order valence-electron chi connectivity index (χ0n) is 9.94. The van der Waals surface area contributed by atoms with Crippen molar-refractivity contribution in [3.8, 4) is 0 Å². The van der Waals surface area contributed by atoms with E-state index in [0.29, 0.717) is 10.0 Å². The fourth-order valence-electron chi connectivity index (χ4n) is 1.24. The molecule has 0 aliphatic carbocycles. The molecule has 0 fully saturated rings. The second-order valence-corrected chi connectivity index (χ2v) is 5.08. The molecular formula is C11H13BrN2O4. The molecule has 0 bridgehead atoms. The van der Waals surface area contributed by atoms with Crippen LogP contribution in [0.1, 0.15) is 19.4 Å². The zero-order valence-corrected chi connectivity index (χ0v) is 11.5. The normalized spacial score (nSPS) is 11.3. The first-order valence-corrected chi connectivity index (χ1v) is 5.95. The molecule has 0 radical (unpaired) electrons. The van der Waals surface area contributed by atoms with E-state index in [2.05, 4.69) is 21.2 Å². The van der Waals surface area contributed by atoms with Gasteiger partial charge in [0.05, 0.1) is 9.40 Å². The van der Waals surface area contributed by atoms with Gasteiger partial charge in [-0.05, 0) is 35.3 Å². The molecule has 0 saturated heterocycles.